The van der Waals surface area contributed by atoms with Gasteiger partial charge in [0, 0.05) is 0 Å². The van der Waals surface area contributed by atoms with Crippen LogP contribution >= 0.6 is 37.2 Å². The van der Waals surface area contributed by atoms with Gasteiger partial charge in [0.05, 0.1) is 0 Å². The van der Waals surface area contributed by atoms with Crippen molar-refractivity contribution in [3.8, 4) is 0 Å². The molecule has 0 N–H and O–H groups in total. The van der Waals surface area contributed by atoms with Gasteiger partial charge in [-0.1, -0.05) is 0 Å². The molecule has 0 amide bonds. The maximum atomic E-state index is 5.01. The van der Waals surface area contributed by atoms with Gasteiger partial charge in [0.1, 0.15) is 0 Å². The molecule has 0 aliphatic heterocycles. The zero-order valence-corrected chi connectivity index (χ0v) is 6.60. The molecule has 0 aromatic carbocycles. The normalized spacial score (nSPS) is 10.0. The summed E-state index contributed by atoms with van der Waals surface area (Å²) in [5.74, 6) is 0. The van der Waals surface area contributed by atoms with E-state index in [0.717, 1.165) is 0 Å². The van der Waals surface area contributed by atoms with Crippen LogP contribution in [0, 0.1) is 0 Å². The van der Waals surface area contributed by atoms with Gasteiger partial charge in [-0.3, -0.25) is 0 Å². The van der Waals surface area contributed by atoms with Gasteiger partial charge in [-0.15, -0.1) is 0 Å². The Labute approximate surface area is 95.8 Å². The van der Waals surface area contributed by atoms with E-state index in [9.17, 15) is 0 Å². The van der Waals surface area contributed by atoms with Crippen LogP contribution in [-0.4, -0.2) is 48.9 Å². The van der Waals surface area contributed by atoms with Crippen molar-refractivity contribution in [2.24, 2.45) is 0 Å². The van der Waals surface area contributed by atoms with Crippen molar-refractivity contribution in [1.29, 1.82) is 0 Å². The summed E-state index contributed by atoms with van der Waals surface area (Å²) in [6.07, 6.45) is 0. The van der Waals surface area contributed by atoms with Gasteiger partial charge in [0.25, 0.3) is 0 Å². The van der Waals surface area contributed by atoms with E-state index in [2.05, 4.69) is 0 Å². The first-order valence-corrected chi connectivity index (χ1v) is 9.35. The molecule has 0 aliphatic carbocycles. The van der Waals surface area contributed by atoms with Crippen molar-refractivity contribution in [2.45, 2.75) is 0 Å². The van der Waals surface area contributed by atoms with E-state index in [1.807, 2.05) is 0 Å². The zero-order valence-electron chi connectivity index (χ0n) is 2.01. The predicted octanol–water partition coefficient (Wildman–Crippen LogP) is 1.84. The fraction of sp³-hybridized carbons (Fsp3) is 0. The third-order valence-corrected chi connectivity index (χ3v) is 0. The monoisotopic (exact) mass is 328 g/mol. The molecular weight excluding hydrogens is 327 g/mol. The van der Waals surface area contributed by atoms with E-state index in [-0.39, 0.29) is 48.9 Å². The minimum atomic E-state index is -3.11. The SMILES string of the molecule is [BaH2].[Cl][Ti]([Cl])([Cl])[Cl]. The molecule has 0 aliphatic rings. The van der Waals surface area contributed by atoms with Gasteiger partial charge >= 0.3 is 98.4 Å². The van der Waals surface area contributed by atoms with Crippen molar-refractivity contribution in [3.63, 3.8) is 0 Å². The molecule has 0 radical (unpaired) electrons. The second-order valence-electron chi connectivity index (χ2n) is 0.429. The number of hydrogen-bond donors (Lipinski definition) is 0. The molecule has 0 aromatic heterocycles. The Morgan fingerprint density at radius 3 is 0.833 bits per heavy atom. The van der Waals surface area contributed by atoms with Gasteiger partial charge in [-0.25, -0.2) is 0 Å². The Morgan fingerprint density at radius 1 is 0.833 bits per heavy atom. The molecule has 0 nitrogen and oxygen atoms in total. The van der Waals surface area contributed by atoms with E-state index >= 15 is 0 Å². The standard InChI is InChI=1S/Ba.4ClH.Ti.2H/h;4*1H;;;/q;;;;;+4;;/p-4. The molecule has 0 heterocycles. The van der Waals surface area contributed by atoms with Crippen molar-refractivity contribution >= 4 is 86.1 Å². The summed E-state index contributed by atoms with van der Waals surface area (Å²) in [6.45, 7) is 0. The van der Waals surface area contributed by atoms with Crippen LogP contribution in [0.15, 0.2) is 0 Å². The summed E-state index contributed by atoms with van der Waals surface area (Å²) >= 11 is -3.11. The molecule has 36 valence electrons. The number of rotatable bonds is 0. The van der Waals surface area contributed by atoms with Crippen LogP contribution in [0.4, 0.5) is 0 Å². The molecule has 0 fully saturated rings. The third-order valence-electron chi connectivity index (χ3n) is 0. The van der Waals surface area contributed by atoms with Crippen LogP contribution in [0.25, 0.3) is 0 Å². The fourth-order valence-electron chi connectivity index (χ4n) is 0. The molecule has 0 rings (SSSR count). The maximum absolute atomic E-state index is 5.01. The molecule has 0 unspecified atom stereocenters. The predicted molar refractivity (Wildman–Crippen MR) is 32.0 cm³/mol. The average molecular weight is 329 g/mol. The second-order valence-corrected chi connectivity index (χ2v) is 15.9. The van der Waals surface area contributed by atoms with Gasteiger partial charge in [-0.2, -0.15) is 0 Å². The summed E-state index contributed by atoms with van der Waals surface area (Å²) in [5, 5.41) is 0. The average Bonchev–Trinajstić information content (AvgIpc) is 0.722. The fourth-order valence-corrected chi connectivity index (χ4v) is 0. The first-order chi connectivity index (χ1) is 2.00. The van der Waals surface area contributed by atoms with E-state index in [1.54, 1.807) is 0 Å². The Bertz CT molecular complexity index is 23.0. The molecule has 0 saturated carbocycles. The Hall–Kier alpha value is 3.45. The quantitative estimate of drug-likeness (QED) is 0.595. The summed E-state index contributed by atoms with van der Waals surface area (Å²) in [6, 6.07) is 0. The summed E-state index contributed by atoms with van der Waals surface area (Å²) < 4.78 is 0. The third kappa shape index (κ3) is 26.1. The van der Waals surface area contributed by atoms with E-state index < -0.39 is 12.3 Å². The first-order valence-electron chi connectivity index (χ1n) is 0.756. The molecular formula is H2BaCl4Ti. The van der Waals surface area contributed by atoms with E-state index in [4.69, 9.17) is 37.2 Å². The molecule has 0 atom stereocenters. The van der Waals surface area contributed by atoms with Gasteiger partial charge in [0.15, 0.2) is 0 Å². The summed E-state index contributed by atoms with van der Waals surface area (Å²) in [5.41, 5.74) is 0. The van der Waals surface area contributed by atoms with Crippen molar-refractivity contribution in [2.75, 3.05) is 0 Å². The molecule has 0 spiro atoms. The first kappa shape index (κ1) is 12.2. The molecule has 0 saturated heterocycles. The minimum absolute atomic E-state index is 0. The van der Waals surface area contributed by atoms with Crippen LogP contribution in [0.5, 0.6) is 0 Å². The van der Waals surface area contributed by atoms with Crippen LogP contribution in [0.3, 0.4) is 0 Å². The van der Waals surface area contributed by atoms with E-state index in [0.29, 0.717) is 0 Å². The molecule has 0 aromatic rings. The number of hydrogen-bond acceptors (Lipinski definition) is 0. The van der Waals surface area contributed by atoms with Crippen LogP contribution in [0.2, 0.25) is 0 Å². The summed E-state index contributed by atoms with van der Waals surface area (Å²) in [4.78, 5) is 0. The van der Waals surface area contributed by atoms with Crippen LogP contribution < -0.4 is 0 Å². The molecule has 6 heteroatoms. The Balaban J connectivity index is 0. The van der Waals surface area contributed by atoms with Crippen LogP contribution in [0.1, 0.15) is 0 Å². The second kappa shape index (κ2) is 5.25. The molecule has 6 heavy (non-hydrogen) atoms. The topological polar surface area (TPSA) is 0 Å². The Morgan fingerprint density at radius 2 is 0.833 bits per heavy atom. The van der Waals surface area contributed by atoms with Gasteiger partial charge in [-0.05, 0) is 0 Å². The van der Waals surface area contributed by atoms with E-state index in [1.165, 1.54) is 0 Å². The summed E-state index contributed by atoms with van der Waals surface area (Å²) in [7, 11) is 20.1. The Kier molecular flexibility index (Phi) is 10.6. The molecule has 0 bridgehead atoms. The van der Waals surface area contributed by atoms with Crippen molar-refractivity contribution in [3.05, 3.63) is 0 Å². The zero-order chi connectivity index (χ0) is 4.50. The van der Waals surface area contributed by atoms with Gasteiger partial charge in [0.2, 0.25) is 0 Å². The van der Waals surface area contributed by atoms with Gasteiger partial charge < -0.3 is 0 Å². The number of halogens is 4. The van der Waals surface area contributed by atoms with Crippen LogP contribution in [-0.2, 0) is 12.3 Å². The van der Waals surface area contributed by atoms with Crippen molar-refractivity contribution < 1.29 is 12.3 Å². The van der Waals surface area contributed by atoms with Crippen molar-refractivity contribution in [1.82, 2.24) is 0 Å².